The maximum absolute atomic E-state index is 10.5. The largest absolute Gasteiger partial charge is 0.387 e. The minimum absolute atomic E-state index is 0.153. The number of carbonyl (C=O) groups excluding carboxylic acids is 1. The van der Waals surface area contributed by atoms with Crippen LogP contribution in [-0.2, 0) is 9.63 Å². The van der Waals surface area contributed by atoms with Crippen LogP contribution in [0.15, 0.2) is 29.0 Å². The molecule has 3 nitrogen and oxygen atoms in total. The number of nitrogens with zero attached hydrogens (tertiary/aromatic N) is 1. The molecule has 2 unspecified atom stereocenters. The summed E-state index contributed by atoms with van der Waals surface area (Å²) in [4.78, 5) is 15.4. The molecule has 0 aromatic heterocycles. The molecule has 1 heterocycles. The fourth-order valence-electron chi connectivity index (χ4n) is 1.25. The van der Waals surface area contributed by atoms with E-state index in [1.54, 1.807) is 12.3 Å². The summed E-state index contributed by atoms with van der Waals surface area (Å²) in [5, 5.41) is 3.65. The van der Waals surface area contributed by atoms with Crippen LogP contribution < -0.4 is 0 Å². The first kappa shape index (κ1) is 6.34. The summed E-state index contributed by atoms with van der Waals surface area (Å²) in [6.45, 7) is 0. The summed E-state index contributed by atoms with van der Waals surface area (Å²) in [6.07, 6.45) is 7.92. The van der Waals surface area contributed by atoms with E-state index >= 15 is 0 Å². The summed E-state index contributed by atoms with van der Waals surface area (Å²) in [6, 6.07) is 0. The van der Waals surface area contributed by atoms with E-state index < -0.39 is 0 Å². The van der Waals surface area contributed by atoms with Gasteiger partial charge in [0.15, 0.2) is 6.10 Å². The zero-order valence-electron chi connectivity index (χ0n) is 5.81. The minimum Gasteiger partial charge on any atom is -0.387 e. The average molecular weight is 149 g/mol. The van der Waals surface area contributed by atoms with Gasteiger partial charge >= 0.3 is 0 Å². The molecule has 0 N–H and O–H groups in total. The highest BCUT2D eigenvalue weighted by Crippen LogP contribution is 2.24. The second-order valence-corrected chi connectivity index (χ2v) is 2.53. The van der Waals surface area contributed by atoms with E-state index in [-0.39, 0.29) is 12.0 Å². The van der Waals surface area contributed by atoms with Crippen LogP contribution >= 0.6 is 0 Å². The molecule has 0 radical (unpaired) electrons. The number of oxime groups is 1. The van der Waals surface area contributed by atoms with Gasteiger partial charge in [-0.3, -0.25) is 4.79 Å². The van der Waals surface area contributed by atoms with Crippen molar-refractivity contribution in [1.29, 1.82) is 0 Å². The van der Waals surface area contributed by atoms with Crippen molar-refractivity contribution >= 4 is 12.5 Å². The molecule has 0 amide bonds. The van der Waals surface area contributed by atoms with Gasteiger partial charge in [0.05, 0.1) is 12.1 Å². The topological polar surface area (TPSA) is 38.7 Å². The number of carbonyl (C=O) groups is 1. The third-order valence-electron chi connectivity index (χ3n) is 1.84. The third-order valence-corrected chi connectivity index (χ3v) is 1.84. The van der Waals surface area contributed by atoms with Crippen molar-refractivity contribution in [2.75, 3.05) is 0 Å². The molecule has 0 spiro atoms. The highest BCUT2D eigenvalue weighted by atomic mass is 16.6. The second kappa shape index (κ2) is 2.34. The summed E-state index contributed by atoms with van der Waals surface area (Å²) >= 11 is 0. The van der Waals surface area contributed by atoms with Gasteiger partial charge in [0, 0.05) is 5.57 Å². The van der Waals surface area contributed by atoms with Gasteiger partial charge < -0.3 is 4.84 Å². The second-order valence-electron chi connectivity index (χ2n) is 2.53. The Hall–Kier alpha value is -1.38. The fourth-order valence-corrected chi connectivity index (χ4v) is 1.25. The molecule has 56 valence electrons. The maximum atomic E-state index is 10.5. The number of hydrogen-bond acceptors (Lipinski definition) is 3. The molecule has 11 heavy (non-hydrogen) atoms. The van der Waals surface area contributed by atoms with Gasteiger partial charge in [-0.05, 0) is 0 Å². The molecule has 0 saturated carbocycles. The first-order valence-corrected chi connectivity index (χ1v) is 3.44. The Bertz CT molecular complexity index is 265. The van der Waals surface area contributed by atoms with Gasteiger partial charge in [-0.1, -0.05) is 23.4 Å². The van der Waals surface area contributed by atoms with Crippen LogP contribution in [0.5, 0.6) is 0 Å². The zero-order valence-corrected chi connectivity index (χ0v) is 5.81. The number of rotatable bonds is 1. The molecular weight excluding hydrogens is 142 g/mol. The van der Waals surface area contributed by atoms with E-state index in [1.807, 2.05) is 12.2 Å². The maximum Gasteiger partial charge on any atom is 0.167 e. The SMILES string of the molecule is O=CC1=CC=CC2C=NOC12. The Morgan fingerprint density at radius 3 is 3.36 bits per heavy atom. The molecule has 0 saturated heterocycles. The van der Waals surface area contributed by atoms with E-state index in [0.717, 1.165) is 6.29 Å². The summed E-state index contributed by atoms with van der Waals surface area (Å²) < 4.78 is 0. The van der Waals surface area contributed by atoms with Crippen LogP contribution in [0.3, 0.4) is 0 Å². The molecule has 1 aliphatic carbocycles. The first-order valence-electron chi connectivity index (χ1n) is 3.44. The highest BCUT2D eigenvalue weighted by molar-refractivity contribution is 5.80. The van der Waals surface area contributed by atoms with E-state index in [1.165, 1.54) is 0 Å². The van der Waals surface area contributed by atoms with Crippen LogP contribution in [0.4, 0.5) is 0 Å². The predicted octanol–water partition coefficient (Wildman–Crippen LogP) is 0.682. The van der Waals surface area contributed by atoms with Crippen molar-refractivity contribution in [2.24, 2.45) is 11.1 Å². The van der Waals surface area contributed by atoms with E-state index in [0.29, 0.717) is 5.57 Å². The zero-order chi connectivity index (χ0) is 7.68. The average Bonchev–Trinajstić information content (AvgIpc) is 2.50. The summed E-state index contributed by atoms with van der Waals surface area (Å²) in [5.74, 6) is 0.153. The Morgan fingerprint density at radius 2 is 2.55 bits per heavy atom. The predicted molar refractivity (Wildman–Crippen MR) is 40.1 cm³/mol. The molecular formula is C8H7NO2. The Balaban J connectivity index is 2.30. The standard InChI is InChI=1S/C8H7NO2/c10-5-7-3-1-2-6-4-9-11-8(6)7/h1-6,8H. The number of aldehydes is 1. The molecule has 1 aliphatic heterocycles. The number of allylic oxidation sites excluding steroid dienone is 2. The molecule has 2 rings (SSSR count). The Labute approximate surface area is 64.0 Å². The number of fused-ring (bicyclic) bond motifs is 1. The van der Waals surface area contributed by atoms with Crippen LogP contribution in [0, 0.1) is 5.92 Å². The third kappa shape index (κ3) is 0.888. The van der Waals surface area contributed by atoms with Crippen LogP contribution in [-0.4, -0.2) is 18.6 Å². The van der Waals surface area contributed by atoms with Gasteiger partial charge in [-0.25, -0.2) is 0 Å². The lowest BCUT2D eigenvalue weighted by atomic mass is 9.93. The van der Waals surface area contributed by atoms with Crippen molar-refractivity contribution in [3.8, 4) is 0 Å². The monoisotopic (exact) mass is 149 g/mol. The van der Waals surface area contributed by atoms with Crippen molar-refractivity contribution < 1.29 is 9.63 Å². The van der Waals surface area contributed by atoms with Crippen molar-refractivity contribution in [1.82, 2.24) is 0 Å². The highest BCUT2D eigenvalue weighted by Gasteiger charge is 2.29. The van der Waals surface area contributed by atoms with E-state index in [2.05, 4.69) is 5.16 Å². The smallest absolute Gasteiger partial charge is 0.167 e. The minimum atomic E-state index is -0.169. The summed E-state index contributed by atoms with van der Waals surface area (Å²) in [5.41, 5.74) is 0.662. The molecule has 3 heteroatoms. The molecule has 0 aromatic rings. The van der Waals surface area contributed by atoms with Gasteiger partial charge in [0.2, 0.25) is 0 Å². The van der Waals surface area contributed by atoms with E-state index in [4.69, 9.17) is 4.84 Å². The lowest BCUT2D eigenvalue weighted by molar-refractivity contribution is -0.106. The van der Waals surface area contributed by atoms with Crippen LogP contribution in [0.2, 0.25) is 0 Å². The fraction of sp³-hybridized carbons (Fsp3) is 0.250. The molecule has 0 bridgehead atoms. The molecule has 2 atom stereocenters. The van der Waals surface area contributed by atoms with E-state index in [9.17, 15) is 4.79 Å². The van der Waals surface area contributed by atoms with Gasteiger partial charge in [0.1, 0.15) is 6.29 Å². The van der Waals surface area contributed by atoms with Gasteiger partial charge in [-0.15, -0.1) is 0 Å². The molecule has 0 aromatic carbocycles. The summed E-state index contributed by atoms with van der Waals surface area (Å²) in [7, 11) is 0. The Kier molecular flexibility index (Phi) is 1.35. The van der Waals surface area contributed by atoms with Crippen molar-refractivity contribution in [3.63, 3.8) is 0 Å². The Morgan fingerprint density at radius 1 is 1.64 bits per heavy atom. The number of hydrogen-bond donors (Lipinski definition) is 0. The quantitative estimate of drug-likeness (QED) is 0.514. The van der Waals surface area contributed by atoms with Crippen LogP contribution in [0.1, 0.15) is 0 Å². The van der Waals surface area contributed by atoms with Crippen LogP contribution in [0.25, 0.3) is 0 Å². The normalized spacial score (nSPS) is 32.5. The lowest BCUT2D eigenvalue weighted by Gasteiger charge is -2.15. The molecule has 2 aliphatic rings. The molecule has 0 fully saturated rings. The van der Waals surface area contributed by atoms with Crippen molar-refractivity contribution in [2.45, 2.75) is 6.10 Å². The first-order chi connectivity index (χ1) is 5.42. The van der Waals surface area contributed by atoms with Crippen molar-refractivity contribution in [3.05, 3.63) is 23.8 Å². The van der Waals surface area contributed by atoms with Gasteiger partial charge in [0.25, 0.3) is 0 Å². The van der Waals surface area contributed by atoms with Gasteiger partial charge in [-0.2, -0.15) is 0 Å². The lowest BCUT2D eigenvalue weighted by Crippen LogP contribution is -2.22.